The quantitative estimate of drug-likeness (QED) is 0.0979. The van der Waals surface area contributed by atoms with Crippen LogP contribution in [0.25, 0.3) is 0 Å². The maximum Gasteiger partial charge on any atom is 0.334 e. The molecule has 1 N–H and O–H groups in total. The smallest absolute Gasteiger partial charge is 0.334 e. The number of fused-ring (bicyclic) bond motifs is 9. The maximum atomic E-state index is 13.3. The van der Waals surface area contributed by atoms with Crippen LogP contribution >= 0.6 is 0 Å². The van der Waals surface area contributed by atoms with Gasteiger partial charge < -0.3 is 19.3 Å². The molecule has 0 heterocycles. The van der Waals surface area contributed by atoms with Gasteiger partial charge >= 0.3 is 23.9 Å². The standard InChI is InChI=1S/C45H74O4.C25H40O4/c1-29(2)32-12-16-36-34(25-32)14-18-38-42(6,20-10-22-44(36,38)8)27-48-40(46)24-31(5)41(47)49-28-43(7)21-11-23-45(9)37-17-13-33(30(3)4)26-35(37)15-19-39(43)45;1-16(2)18-7-9-20-19(14-18)8-10-21-24(4,11-6-12-25(20,21)5)15-29-23(28)17(3)13-22(26)27/h29-30,32-39H,5,10-28H2,1-4,6-9H3;16,18-21H,3,6-15H2,1-2,4-5H3,(H,26,27)/t32?,33?,34?,35?,36?,37?,38?,39?,42?,43-,44?,45+;18?,19?,20?,21?,24-,25+/m11/s1. The molecule has 9 fully saturated rings. The van der Waals surface area contributed by atoms with Gasteiger partial charge in [-0.2, -0.15) is 0 Å². The molecule has 0 amide bonds. The number of rotatable bonds is 15. The van der Waals surface area contributed by atoms with Crippen LogP contribution in [-0.2, 0) is 33.4 Å². The lowest BCUT2D eigenvalue weighted by molar-refractivity contribution is -0.165. The van der Waals surface area contributed by atoms with Crippen LogP contribution < -0.4 is 0 Å². The zero-order valence-electron chi connectivity index (χ0n) is 51.9. The molecule has 0 spiro atoms. The Morgan fingerprint density at radius 3 is 1.05 bits per heavy atom. The van der Waals surface area contributed by atoms with Crippen molar-refractivity contribution in [1.29, 1.82) is 0 Å². The molecule has 18 atom stereocenters. The lowest BCUT2D eigenvalue weighted by Crippen LogP contribution is -2.55. The van der Waals surface area contributed by atoms with Crippen molar-refractivity contribution in [1.82, 2.24) is 0 Å². The molecule has 9 aliphatic carbocycles. The first kappa shape index (κ1) is 61.4. The van der Waals surface area contributed by atoms with Crippen LogP contribution in [0.2, 0.25) is 0 Å². The highest BCUT2D eigenvalue weighted by atomic mass is 16.5. The molecule has 78 heavy (non-hydrogen) atoms. The van der Waals surface area contributed by atoms with E-state index in [1.807, 2.05) is 0 Å². The topological polar surface area (TPSA) is 116 Å². The largest absolute Gasteiger partial charge is 0.481 e. The molecule has 14 unspecified atom stereocenters. The fourth-order valence-electron chi connectivity index (χ4n) is 21.8. The SMILES string of the molecule is C=C(CC(=O)O)C(=O)OC[C@@]1(C)CCC[C@@]2(C)C3CCC(C(C)C)CC3CCC12.C=C(CC(=O)OCC1(C)CCCC2(C)C3CCC(C(C)C)CC3CCC12)C(=O)OC[C@@]1(C)CCC[C@@]2(C)C3CCC(C(C)C)CC3CCC12. The van der Waals surface area contributed by atoms with Gasteiger partial charge in [-0.15, -0.1) is 0 Å². The van der Waals surface area contributed by atoms with Crippen molar-refractivity contribution in [2.75, 3.05) is 19.8 Å². The second-order valence-electron chi connectivity index (χ2n) is 31.7. The molecule has 0 saturated heterocycles. The van der Waals surface area contributed by atoms with Crippen molar-refractivity contribution in [3.63, 3.8) is 0 Å². The second kappa shape index (κ2) is 24.3. The summed E-state index contributed by atoms with van der Waals surface area (Å²) < 4.78 is 17.7. The number of carbonyl (C=O) groups is 4. The molecule has 8 nitrogen and oxygen atoms in total. The molecular formula is C70H114O8. The predicted octanol–water partition coefficient (Wildman–Crippen LogP) is 17.5. The van der Waals surface area contributed by atoms with E-state index in [1.165, 1.54) is 135 Å². The van der Waals surface area contributed by atoms with E-state index < -0.39 is 17.9 Å². The number of aliphatic carboxylic acids is 1. The van der Waals surface area contributed by atoms with Gasteiger partial charge in [-0.25, -0.2) is 9.59 Å². The average Bonchev–Trinajstić information content (AvgIpc) is 3.58. The van der Waals surface area contributed by atoms with Crippen LogP contribution in [0.15, 0.2) is 24.3 Å². The Kier molecular flexibility index (Phi) is 19.1. The van der Waals surface area contributed by atoms with Crippen molar-refractivity contribution in [2.45, 2.75) is 250 Å². The molecule has 0 aliphatic heterocycles. The highest BCUT2D eigenvalue weighted by Crippen LogP contribution is 2.68. The number of ether oxygens (including phenoxy) is 3. The van der Waals surface area contributed by atoms with Crippen molar-refractivity contribution < 1.29 is 38.5 Å². The van der Waals surface area contributed by atoms with Crippen molar-refractivity contribution in [3.8, 4) is 0 Å². The Bertz CT molecular complexity index is 2160. The van der Waals surface area contributed by atoms with E-state index in [-0.39, 0.29) is 46.2 Å². The van der Waals surface area contributed by atoms with Gasteiger partial charge in [0, 0.05) is 27.4 Å². The Morgan fingerprint density at radius 2 is 0.744 bits per heavy atom. The Hall–Kier alpha value is -2.64. The molecule has 0 aromatic heterocycles. The van der Waals surface area contributed by atoms with E-state index in [4.69, 9.17) is 19.3 Å². The van der Waals surface area contributed by atoms with Crippen molar-refractivity contribution in [2.24, 2.45) is 121 Å². The lowest BCUT2D eigenvalue weighted by Gasteiger charge is -2.61. The van der Waals surface area contributed by atoms with Crippen LogP contribution in [0.3, 0.4) is 0 Å². The molecule has 9 aliphatic rings. The average molecular weight is 1080 g/mol. The van der Waals surface area contributed by atoms with Gasteiger partial charge in [0.05, 0.1) is 32.7 Å². The molecule has 8 heteroatoms. The van der Waals surface area contributed by atoms with Crippen LogP contribution in [-0.4, -0.2) is 48.8 Å². The molecule has 0 radical (unpaired) electrons. The number of hydrogen-bond acceptors (Lipinski definition) is 7. The van der Waals surface area contributed by atoms with Gasteiger partial charge in [0.15, 0.2) is 0 Å². The fourth-order valence-corrected chi connectivity index (χ4v) is 21.8. The second-order valence-corrected chi connectivity index (χ2v) is 31.7. The fraction of sp³-hybridized carbons (Fsp3) is 0.886. The summed E-state index contributed by atoms with van der Waals surface area (Å²) in [5, 5.41) is 8.88. The van der Waals surface area contributed by atoms with Crippen molar-refractivity contribution >= 4 is 23.9 Å². The summed E-state index contributed by atoms with van der Waals surface area (Å²) >= 11 is 0. The third-order valence-electron chi connectivity index (χ3n) is 26.1. The number of hydrogen-bond donors (Lipinski definition) is 1. The maximum absolute atomic E-state index is 13.3. The monoisotopic (exact) mass is 1080 g/mol. The summed E-state index contributed by atoms with van der Waals surface area (Å²) in [6.45, 7) is 38.0. The zero-order chi connectivity index (χ0) is 56.8. The van der Waals surface area contributed by atoms with Gasteiger partial charge in [-0.05, 0) is 240 Å². The molecule has 0 aromatic carbocycles. The van der Waals surface area contributed by atoms with E-state index in [2.05, 4.69) is 96.2 Å². The minimum absolute atomic E-state index is 0.000367. The summed E-state index contributed by atoms with van der Waals surface area (Å²) in [5.41, 5.74) is 1.25. The molecule has 9 saturated carbocycles. The van der Waals surface area contributed by atoms with Crippen LogP contribution in [0.1, 0.15) is 250 Å². The van der Waals surface area contributed by atoms with Gasteiger partial charge in [0.25, 0.3) is 0 Å². The summed E-state index contributed by atoms with van der Waals surface area (Å²) in [5.74, 6) is 9.44. The highest BCUT2D eigenvalue weighted by Gasteiger charge is 2.60. The molecule has 9 rings (SSSR count). The van der Waals surface area contributed by atoms with E-state index in [0.717, 1.165) is 90.3 Å². The summed E-state index contributed by atoms with van der Waals surface area (Å²) in [7, 11) is 0. The van der Waals surface area contributed by atoms with Gasteiger partial charge in [-0.1, -0.05) is 116 Å². The summed E-state index contributed by atoms with van der Waals surface area (Å²) in [4.78, 5) is 49.6. The van der Waals surface area contributed by atoms with Crippen LogP contribution in [0.5, 0.6) is 0 Å². The lowest BCUT2D eigenvalue weighted by atomic mass is 9.44. The van der Waals surface area contributed by atoms with E-state index in [0.29, 0.717) is 53.8 Å². The van der Waals surface area contributed by atoms with Crippen LogP contribution in [0.4, 0.5) is 0 Å². The number of esters is 3. The predicted molar refractivity (Wildman–Crippen MR) is 314 cm³/mol. The van der Waals surface area contributed by atoms with E-state index >= 15 is 0 Å². The van der Waals surface area contributed by atoms with Gasteiger partial charge in [0.1, 0.15) is 0 Å². The first-order chi connectivity index (χ1) is 36.7. The first-order valence-electron chi connectivity index (χ1n) is 32.7. The van der Waals surface area contributed by atoms with E-state index in [9.17, 15) is 19.2 Å². The van der Waals surface area contributed by atoms with Crippen molar-refractivity contribution in [3.05, 3.63) is 24.3 Å². The Balaban J connectivity index is 0.000000236. The normalized spacial score (nSPS) is 42.9. The summed E-state index contributed by atoms with van der Waals surface area (Å²) in [6, 6.07) is 0. The first-order valence-corrected chi connectivity index (χ1v) is 32.7. The van der Waals surface area contributed by atoms with Crippen LogP contribution in [0, 0.1) is 121 Å². The third kappa shape index (κ3) is 12.5. The number of carboxylic acids is 1. The minimum Gasteiger partial charge on any atom is -0.481 e. The Labute approximate surface area is 475 Å². The zero-order valence-corrected chi connectivity index (χ0v) is 51.9. The molecule has 0 aromatic rings. The summed E-state index contributed by atoms with van der Waals surface area (Å²) in [6.07, 6.45) is 30.6. The number of carbonyl (C=O) groups excluding carboxylic acids is 3. The minimum atomic E-state index is -1.04. The molecular weight excluding hydrogens is 969 g/mol. The van der Waals surface area contributed by atoms with Gasteiger partial charge in [0.2, 0.25) is 0 Å². The third-order valence-corrected chi connectivity index (χ3v) is 26.1. The molecule has 442 valence electrons. The molecule has 0 bridgehead atoms. The Morgan fingerprint density at radius 1 is 0.436 bits per heavy atom. The van der Waals surface area contributed by atoms with E-state index in [1.54, 1.807) is 0 Å². The number of carboxylic acid groups (broad SMARTS) is 1. The highest BCUT2D eigenvalue weighted by molar-refractivity contribution is 5.93. The van der Waals surface area contributed by atoms with Gasteiger partial charge in [-0.3, -0.25) is 9.59 Å².